The van der Waals surface area contributed by atoms with Crippen LogP contribution < -0.4 is 0 Å². The molecule has 6 nitrogen and oxygen atoms in total. The molecule has 4 aromatic heterocycles. The number of benzene rings is 2. The molecule has 6 rings (SSSR count). The number of alkyl halides is 6. The quantitative estimate of drug-likeness (QED) is 0.176. The van der Waals surface area contributed by atoms with Crippen molar-refractivity contribution < 1.29 is 26.3 Å². The summed E-state index contributed by atoms with van der Waals surface area (Å²) in [5, 5.41) is 0. The van der Waals surface area contributed by atoms with Crippen LogP contribution in [0.25, 0.3) is 34.2 Å². The fourth-order valence-corrected chi connectivity index (χ4v) is 5.12. The summed E-state index contributed by atoms with van der Waals surface area (Å²) in [6.07, 6.45) is -7.16. The molecule has 0 N–H and O–H groups in total. The van der Waals surface area contributed by atoms with Crippen LogP contribution in [0.1, 0.15) is 36.9 Å². The molecule has 0 saturated heterocycles. The van der Waals surface area contributed by atoms with E-state index in [4.69, 9.17) is 9.97 Å². The standard InChI is InChI=1S/C33H24F6N6/c1-31(2,27-17-9-15-23(42-27)25-19-40-29(32(34,35)36)44(25)21-11-5-3-6-12-21)28-18-10-16-24(43-28)26-20-41-30(33(37,38)39)45(26)22-13-7-4-8-14-22/h3-20H,1-2H3. The van der Waals surface area contributed by atoms with Gasteiger partial charge in [-0.1, -0.05) is 48.5 Å². The van der Waals surface area contributed by atoms with Gasteiger partial charge in [-0.05, 0) is 62.4 Å². The van der Waals surface area contributed by atoms with E-state index in [1.807, 2.05) is 13.8 Å². The first-order valence-electron chi connectivity index (χ1n) is 13.7. The van der Waals surface area contributed by atoms with Gasteiger partial charge in [0.1, 0.15) is 0 Å². The Hall–Kier alpha value is -5.26. The summed E-state index contributed by atoms with van der Waals surface area (Å²) in [5.74, 6) is -2.17. The van der Waals surface area contributed by atoms with E-state index in [9.17, 15) is 26.3 Å². The van der Waals surface area contributed by atoms with Gasteiger partial charge in [-0.25, -0.2) is 9.97 Å². The summed E-state index contributed by atoms with van der Waals surface area (Å²) in [5.41, 5.74) is 1.36. The molecule has 0 bridgehead atoms. The fourth-order valence-electron chi connectivity index (χ4n) is 5.12. The van der Waals surface area contributed by atoms with Gasteiger partial charge in [0.25, 0.3) is 0 Å². The molecular formula is C33H24F6N6. The average Bonchev–Trinajstić information content (AvgIpc) is 3.68. The maximum atomic E-state index is 14.0. The fraction of sp³-hybridized carbons (Fsp3) is 0.152. The van der Waals surface area contributed by atoms with Crippen LogP contribution >= 0.6 is 0 Å². The molecule has 0 saturated carbocycles. The molecule has 45 heavy (non-hydrogen) atoms. The lowest BCUT2D eigenvalue weighted by Crippen LogP contribution is -2.23. The van der Waals surface area contributed by atoms with Crippen LogP contribution in [-0.2, 0) is 17.8 Å². The van der Waals surface area contributed by atoms with Gasteiger partial charge < -0.3 is 0 Å². The van der Waals surface area contributed by atoms with Crippen molar-refractivity contribution in [1.82, 2.24) is 29.1 Å². The minimum atomic E-state index is -4.71. The van der Waals surface area contributed by atoms with Crippen molar-refractivity contribution in [3.8, 4) is 34.2 Å². The van der Waals surface area contributed by atoms with Gasteiger partial charge in [0.15, 0.2) is 0 Å². The van der Waals surface area contributed by atoms with Crippen molar-refractivity contribution in [2.45, 2.75) is 31.6 Å². The second-order valence-electron chi connectivity index (χ2n) is 10.7. The molecule has 0 radical (unpaired) electrons. The topological polar surface area (TPSA) is 61.4 Å². The summed E-state index contributed by atoms with van der Waals surface area (Å²) >= 11 is 0. The minimum Gasteiger partial charge on any atom is -0.287 e. The van der Waals surface area contributed by atoms with Crippen LogP contribution in [0.3, 0.4) is 0 Å². The number of rotatable bonds is 6. The van der Waals surface area contributed by atoms with Crippen LogP contribution in [0, 0.1) is 0 Å². The Kier molecular flexibility index (Phi) is 7.30. The van der Waals surface area contributed by atoms with E-state index < -0.39 is 29.4 Å². The Labute approximate surface area is 253 Å². The predicted octanol–water partition coefficient (Wildman–Crippen LogP) is 8.55. The Morgan fingerprint density at radius 3 is 1.22 bits per heavy atom. The maximum Gasteiger partial charge on any atom is 0.450 e. The molecule has 228 valence electrons. The number of aromatic nitrogens is 6. The zero-order valence-electron chi connectivity index (χ0n) is 23.8. The lowest BCUT2D eigenvalue weighted by Gasteiger charge is -2.25. The second-order valence-corrected chi connectivity index (χ2v) is 10.7. The third kappa shape index (κ3) is 5.59. The SMILES string of the molecule is CC(C)(c1cccc(-c2cnc(C(F)(F)F)n2-c2ccccc2)n1)c1cccc(-c2cnc(C(F)(F)F)n2-c2ccccc2)n1. The molecule has 6 aromatic rings. The van der Waals surface area contributed by atoms with Crippen molar-refractivity contribution in [3.63, 3.8) is 0 Å². The Bertz CT molecular complexity index is 1820. The van der Waals surface area contributed by atoms with E-state index in [-0.39, 0.29) is 34.2 Å². The first-order valence-corrected chi connectivity index (χ1v) is 13.7. The zero-order valence-corrected chi connectivity index (χ0v) is 23.8. The van der Waals surface area contributed by atoms with Gasteiger partial charge in [-0.2, -0.15) is 26.3 Å². The third-order valence-electron chi connectivity index (χ3n) is 7.36. The third-order valence-corrected chi connectivity index (χ3v) is 7.36. The summed E-state index contributed by atoms with van der Waals surface area (Å²) in [6, 6.07) is 26.1. The molecule has 0 aliphatic rings. The van der Waals surface area contributed by atoms with E-state index >= 15 is 0 Å². The highest BCUT2D eigenvalue weighted by molar-refractivity contribution is 5.61. The molecular weight excluding hydrogens is 594 g/mol. The smallest absolute Gasteiger partial charge is 0.287 e. The van der Waals surface area contributed by atoms with Crippen molar-refractivity contribution in [3.05, 3.63) is 132 Å². The summed E-state index contributed by atoms with van der Waals surface area (Å²) in [7, 11) is 0. The molecule has 12 heteroatoms. The van der Waals surface area contributed by atoms with Gasteiger partial charge in [0, 0.05) is 16.8 Å². The molecule has 0 spiro atoms. The molecule has 0 atom stereocenters. The van der Waals surface area contributed by atoms with Gasteiger partial charge in [0.2, 0.25) is 11.6 Å². The first kappa shape index (κ1) is 29.8. The lowest BCUT2D eigenvalue weighted by molar-refractivity contribution is -0.146. The highest BCUT2D eigenvalue weighted by Crippen LogP contribution is 2.37. The molecule has 0 amide bonds. The van der Waals surface area contributed by atoms with E-state index in [1.165, 1.54) is 0 Å². The van der Waals surface area contributed by atoms with E-state index in [0.29, 0.717) is 11.4 Å². The molecule has 0 aliphatic carbocycles. The average molecular weight is 619 g/mol. The zero-order chi connectivity index (χ0) is 32.0. The molecule has 0 fully saturated rings. The monoisotopic (exact) mass is 618 g/mol. The second kappa shape index (κ2) is 11.0. The van der Waals surface area contributed by atoms with Gasteiger partial charge in [0.05, 0.1) is 46.6 Å². The number of hydrogen-bond donors (Lipinski definition) is 0. The number of pyridine rings is 2. The first-order chi connectivity index (χ1) is 21.4. The lowest BCUT2D eigenvalue weighted by atomic mass is 9.84. The summed E-state index contributed by atoms with van der Waals surface area (Å²) < 4.78 is 85.8. The number of hydrogen-bond acceptors (Lipinski definition) is 4. The summed E-state index contributed by atoms with van der Waals surface area (Å²) in [4.78, 5) is 16.9. The van der Waals surface area contributed by atoms with E-state index in [2.05, 4.69) is 9.97 Å². The van der Waals surface area contributed by atoms with Crippen molar-refractivity contribution in [2.24, 2.45) is 0 Å². The highest BCUT2D eigenvalue weighted by atomic mass is 19.4. The molecule has 2 aromatic carbocycles. The van der Waals surface area contributed by atoms with Crippen LogP contribution in [0.4, 0.5) is 26.3 Å². The Morgan fingerprint density at radius 1 is 0.489 bits per heavy atom. The number of halogens is 6. The summed E-state index contributed by atoms with van der Waals surface area (Å²) in [6.45, 7) is 3.66. The Balaban J connectivity index is 1.44. The number of nitrogens with zero attached hydrogens (tertiary/aromatic N) is 6. The normalized spacial score (nSPS) is 12.4. The maximum absolute atomic E-state index is 14.0. The van der Waals surface area contributed by atoms with Gasteiger partial charge in [-0.3, -0.25) is 19.1 Å². The van der Waals surface area contributed by atoms with Crippen molar-refractivity contribution in [1.29, 1.82) is 0 Å². The van der Waals surface area contributed by atoms with Gasteiger partial charge >= 0.3 is 12.4 Å². The molecule has 0 aliphatic heterocycles. The van der Waals surface area contributed by atoms with Gasteiger partial charge in [-0.15, -0.1) is 0 Å². The molecule has 0 unspecified atom stereocenters. The van der Waals surface area contributed by atoms with Crippen LogP contribution in [-0.4, -0.2) is 29.1 Å². The number of para-hydroxylation sites is 2. The van der Waals surface area contributed by atoms with Crippen molar-refractivity contribution >= 4 is 0 Å². The van der Waals surface area contributed by atoms with E-state index in [1.54, 1.807) is 97.1 Å². The van der Waals surface area contributed by atoms with Crippen LogP contribution in [0.15, 0.2) is 109 Å². The molecule has 4 heterocycles. The van der Waals surface area contributed by atoms with E-state index in [0.717, 1.165) is 21.5 Å². The van der Waals surface area contributed by atoms with Crippen LogP contribution in [0.5, 0.6) is 0 Å². The number of imidazole rings is 2. The minimum absolute atomic E-state index is 0.138. The highest BCUT2D eigenvalue weighted by Gasteiger charge is 2.39. The predicted molar refractivity (Wildman–Crippen MR) is 156 cm³/mol. The van der Waals surface area contributed by atoms with Crippen LogP contribution in [0.2, 0.25) is 0 Å². The van der Waals surface area contributed by atoms with Crippen molar-refractivity contribution in [2.75, 3.05) is 0 Å². The largest absolute Gasteiger partial charge is 0.450 e. The Morgan fingerprint density at radius 2 is 0.867 bits per heavy atom.